The molecule has 0 saturated heterocycles. The highest BCUT2D eigenvalue weighted by atomic mass is 35.5. The standard InChI is InChI=1S/C13H10Cl2FN3O2/c14-10-6-11(15)19-12(18-10)5-9(21-13(17)20)7-1-3-8(16)4-2-7/h1-4,6,9H,5H2,(H2,17,20). The quantitative estimate of drug-likeness (QED) is 0.873. The van der Waals surface area contributed by atoms with Gasteiger partial charge in [0, 0.05) is 12.5 Å². The van der Waals surface area contributed by atoms with E-state index in [4.69, 9.17) is 33.7 Å². The van der Waals surface area contributed by atoms with E-state index in [1.54, 1.807) is 0 Å². The third-order valence-electron chi connectivity index (χ3n) is 2.58. The summed E-state index contributed by atoms with van der Waals surface area (Å²) in [6.07, 6.45) is -1.62. The smallest absolute Gasteiger partial charge is 0.405 e. The molecule has 1 atom stereocenters. The van der Waals surface area contributed by atoms with Gasteiger partial charge in [-0.3, -0.25) is 0 Å². The Hall–Kier alpha value is -1.92. The Kier molecular flexibility index (Phi) is 4.93. The number of aromatic nitrogens is 2. The summed E-state index contributed by atoms with van der Waals surface area (Å²) in [4.78, 5) is 19.0. The van der Waals surface area contributed by atoms with Crippen molar-refractivity contribution in [2.45, 2.75) is 12.5 Å². The van der Waals surface area contributed by atoms with Crippen LogP contribution >= 0.6 is 23.2 Å². The van der Waals surface area contributed by atoms with Gasteiger partial charge >= 0.3 is 6.09 Å². The number of hydrogen-bond donors (Lipinski definition) is 1. The van der Waals surface area contributed by atoms with Crippen molar-refractivity contribution in [2.75, 3.05) is 0 Å². The Morgan fingerprint density at radius 1 is 1.24 bits per heavy atom. The molecule has 0 aliphatic rings. The first kappa shape index (κ1) is 15.5. The number of primary amides is 1. The van der Waals surface area contributed by atoms with Gasteiger partial charge in [0.05, 0.1) is 0 Å². The van der Waals surface area contributed by atoms with E-state index in [9.17, 15) is 9.18 Å². The number of ether oxygens (including phenoxy) is 1. The average molecular weight is 330 g/mol. The van der Waals surface area contributed by atoms with Gasteiger partial charge in [-0.1, -0.05) is 35.3 Å². The van der Waals surface area contributed by atoms with Crippen molar-refractivity contribution in [2.24, 2.45) is 5.73 Å². The molecular formula is C13H10Cl2FN3O2. The average Bonchev–Trinajstić information content (AvgIpc) is 2.37. The van der Waals surface area contributed by atoms with Gasteiger partial charge in [0.25, 0.3) is 0 Å². The number of nitrogens with zero attached hydrogens (tertiary/aromatic N) is 2. The SMILES string of the molecule is NC(=O)OC(Cc1nc(Cl)cc(Cl)n1)c1ccc(F)cc1. The van der Waals surface area contributed by atoms with Crippen molar-refractivity contribution >= 4 is 29.3 Å². The molecule has 0 bridgehead atoms. The van der Waals surface area contributed by atoms with E-state index in [-0.39, 0.29) is 22.6 Å². The number of carbonyl (C=O) groups is 1. The second-order valence-electron chi connectivity index (χ2n) is 4.11. The minimum atomic E-state index is -0.961. The summed E-state index contributed by atoms with van der Waals surface area (Å²) < 4.78 is 18.0. The van der Waals surface area contributed by atoms with E-state index < -0.39 is 18.0 Å². The predicted octanol–water partition coefficient (Wildman–Crippen LogP) is 3.30. The molecule has 21 heavy (non-hydrogen) atoms. The first-order valence-corrected chi connectivity index (χ1v) is 6.60. The summed E-state index contributed by atoms with van der Waals surface area (Å²) in [5, 5.41) is 0.337. The predicted molar refractivity (Wildman–Crippen MR) is 75.6 cm³/mol. The largest absolute Gasteiger partial charge is 0.441 e. The summed E-state index contributed by atoms with van der Waals surface area (Å²) in [6, 6.07) is 6.84. The van der Waals surface area contributed by atoms with E-state index in [2.05, 4.69) is 9.97 Å². The van der Waals surface area contributed by atoms with Gasteiger partial charge in [-0.15, -0.1) is 0 Å². The van der Waals surface area contributed by atoms with Crippen LogP contribution in [0.4, 0.5) is 9.18 Å². The maximum atomic E-state index is 13.0. The van der Waals surface area contributed by atoms with Crippen LogP contribution in [0.2, 0.25) is 10.3 Å². The molecule has 0 aliphatic carbocycles. The summed E-state index contributed by atoms with van der Waals surface area (Å²) >= 11 is 11.6. The molecule has 110 valence electrons. The maximum absolute atomic E-state index is 13.0. The van der Waals surface area contributed by atoms with Crippen molar-refractivity contribution in [1.82, 2.24) is 9.97 Å². The number of carbonyl (C=O) groups excluding carboxylic acids is 1. The molecule has 0 spiro atoms. The minimum Gasteiger partial charge on any atom is -0.441 e. The molecule has 2 aromatic rings. The minimum absolute atomic E-state index is 0.106. The Labute approximate surface area is 129 Å². The van der Waals surface area contributed by atoms with Crippen LogP contribution in [-0.2, 0) is 11.2 Å². The fourth-order valence-electron chi connectivity index (χ4n) is 1.74. The van der Waals surface area contributed by atoms with Gasteiger partial charge in [0.15, 0.2) is 0 Å². The summed E-state index contributed by atoms with van der Waals surface area (Å²) in [5.41, 5.74) is 5.60. The molecule has 1 heterocycles. The molecule has 2 N–H and O–H groups in total. The number of hydrogen-bond acceptors (Lipinski definition) is 4. The zero-order chi connectivity index (χ0) is 15.4. The zero-order valence-corrected chi connectivity index (χ0v) is 12.1. The first-order valence-electron chi connectivity index (χ1n) is 5.84. The van der Waals surface area contributed by atoms with Crippen molar-refractivity contribution in [3.05, 3.63) is 57.8 Å². The highest BCUT2D eigenvalue weighted by molar-refractivity contribution is 6.33. The van der Waals surface area contributed by atoms with E-state index in [0.29, 0.717) is 5.56 Å². The molecule has 0 fully saturated rings. The van der Waals surface area contributed by atoms with Crippen LogP contribution in [0, 0.1) is 5.82 Å². The number of halogens is 3. The Morgan fingerprint density at radius 2 is 1.81 bits per heavy atom. The lowest BCUT2D eigenvalue weighted by Crippen LogP contribution is -2.19. The van der Waals surface area contributed by atoms with Gasteiger partial charge < -0.3 is 10.5 Å². The fourth-order valence-corrected chi connectivity index (χ4v) is 2.19. The normalized spacial score (nSPS) is 12.0. The maximum Gasteiger partial charge on any atom is 0.405 e. The van der Waals surface area contributed by atoms with Crippen LogP contribution in [0.15, 0.2) is 30.3 Å². The highest BCUT2D eigenvalue weighted by Gasteiger charge is 2.18. The van der Waals surface area contributed by atoms with Crippen LogP contribution in [-0.4, -0.2) is 16.1 Å². The lowest BCUT2D eigenvalue weighted by atomic mass is 10.1. The lowest BCUT2D eigenvalue weighted by Gasteiger charge is -2.16. The van der Waals surface area contributed by atoms with Crippen LogP contribution in [0.1, 0.15) is 17.5 Å². The summed E-state index contributed by atoms with van der Waals surface area (Å²) in [6.45, 7) is 0. The van der Waals surface area contributed by atoms with Crippen molar-refractivity contribution in [3.63, 3.8) is 0 Å². The lowest BCUT2D eigenvalue weighted by molar-refractivity contribution is 0.105. The molecular weight excluding hydrogens is 320 g/mol. The molecule has 0 radical (unpaired) electrons. The van der Waals surface area contributed by atoms with Gasteiger partial charge in [-0.05, 0) is 17.7 Å². The number of amides is 1. The van der Waals surface area contributed by atoms with Gasteiger partial charge in [-0.2, -0.15) is 0 Å². The van der Waals surface area contributed by atoms with Crippen LogP contribution in [0.3, 0.4) is 0 Å². The van der Waals surface area contributed by atoms with Gasteiger partial charge in [-0.25, -0.2) is 19.2 Å². The summed E-state index contributed by atoms with van der Waals surface area (Å²) in [7, 11) is 0. The van der Waals surface area contributed by atoms with E-state index in [1.807, 2.05) is 0 Å². The Balaban J connectivity index is 2.27. The molecule has 0 aliphatic heterocycles. The molecule has 1 amide bonds. The molecule has 5 nitrogen and oxygen atoms in total. The van der Waals surface area contributed by atoms with E-state index in [0.717, 1.165) is 0 Å². The van der Waals surface area contributed by atoms with Gasteiger partial charge in [0.2, 0.25) is 0 Å². The Morgan fingerprint density at radius 3 is 2.33 bits per heavy atom. The van der Waals surface area contributed by atoms with Gasteiger partial charge in [0.1, 0.15) is 28.1 Å². The second-order valence-corrected chi connectivity index (χ2v) is 4.89. The number of benzene rings is 1. The number of rotatable bonds is 4. The highest BCUT2D eigenvalue weighted by Crippen LogP contribution is 2.23. The molecule has 8 heteroatoms. The van der Waals surface area contributed by atoms with Crippen molar-refractivity contribution in [1.29, 1.82) is 0 Å². The second kappa shape index (κ2) is 6.69. The van der Waals surface area contributed by atoms with Crippen molar-refractivity contribution < 1.29 is 13.9 Å². The fraction of sp³-hybridized carbons (Fsp3) is 0.154. The van der Waals surface area contributed by atoms with Crippen LogP contribution in [0.5, 0.6) is 0 Å². The van der Waals surface area contributed by atoms with Crippen molar-refractivity contribution in [3.8, 4) is 0 Å². The first-order chi connectivity index (χ1) is 9.94. The molecule has 1 aromatic carbocycles. The third-order valence-corrected chi connectivity index (χ3v) is 2.97. The van der Waals surface area contributed by atoms with Crippen LogP contribution in [0.25, 0.3) is 0 Å². The monoisotopic (exact) mass is 329 g/mol. The molecule has 0 saturated carbocycles. The summed E-state index contributed by atoms with van der Waals surface area (Å²) in [5.74, 6) is -0.123. The molecule has 2 rings (SSSR count). The third kappa shape index (κ3) is 4.54. The van der Waals surface area contributed by atoms with E-state index >= 15 is 0 Å². The topological polar surface area (TPSA) is 78.1 Å². The Bertz CT molecular complexity index is 632. The zero-order valence-electron chi connectivity index (χ0n) is 10.6. The van der Waals surface area contributed by atoms with Crippen LogP contribution < -0.4 is 5.73 Å². The molecule has 1 unspecified atom stereocenters. The molecule has 1 aromatic heterocycles. The number of nitrogens with two attached hydrogens (primary N) is 1. The van der Waals surface area contributed by atoms with E-state index in [1.165, 1.54) is 30.3 Å².